The number of aryl methyl sites for hydroxylation is 1. The first-order valence-corrected chi connectivity index (χ1v) is 9.46. The normalized spacial score (nSPS) is 13.0. The maximum atomic E-state index is 13.0. The second-order valence-corrected chi connectivity index (χ2v) is 6.87. The van der Waals surface area contributed by atoms with Crippen molar-refractivity contribution in [1.82, 2.24) is 24.5 Å². The zero-order chi connectivity index (χ0) is 19.7. The van der Waals surface area contributed by atoms with E-state index in [1.54, 1.807) is 20.5 Å². The predicted molar refractivity (Wildman–Crippen MR) is 105 cm³/mol. The van der Waals surface area contributed by atoms with Crippen LogP contribution in [-0.2, 0) is 26.1 Å². The zero-order valence-electron chi connectivity index (χ0n) is 16.1. The second kappa shape index (κ2) is 7.47. The van der Waals surface area contributed by atoms with Crippen LogP contribution in [0.3, 0.4) is 0 Å². The van der Waals surface area contributed by atoms with Gasteiger partial charge in [0.1, 0.15) is 5.82 Å². The molecule has 8 heteroatoms. The van der Waals surface area contributed by atoms with Gasteiger partial charge in [0, 0.05) is 11.1 Å². The van der Waals surface area contributed by atoms with E-state index in [4.69, 9.17) is 0 Å². The van der Waals surface area contributed by atoms with Gasteiger partial charge in [0.2, 0.25) is 0 Å². The molecule has 1 aliphatic heterocycles. The number of carbonyl (C=O) groups is 1. The van der Waals surface area contributed by atoms with E-state index in [2.05, 4.69) is 22.4 Å². The first kappa shape index (κ1) is 18.2. The summed E-state index contributed by atoms with van der Waals surface area (Å²) in [6.45, 7) is 5.48. The molecule has 0 saturated heterocycles. The van der Waals surface area contributed by atoms with Crippen LogP contribution in [0.2, 0.25) is 0 Å². The van der Waals surface area contributed by atoms with Crippen LogP contribution in [0.1, 0.15) is 29.4 Å². The summed E-state index contributed by atoms with van der Waals surface area (Å²) in [6.07, 6.45) is 2.56. The number of hydrogen-bond donors (Lipinski definition) is 2. The summed E-state index contributed by atoms with van der Waals surface area (Å²) in [5, 5.41) is 21.2. The number of aliphatic hydroxyl groups excluding tert-OH is 1. The third-order valence-electron chi connectivity index (χ3n) is 5.12. The molecule has 0 spiro atoms. The van der Waals surface area contributed by atoms with Crippen LogP contribution >= 0.6 is 0 Å². The van der Waals surface area contributed by atoms with Gasteiger partial charge in [-0.25, -0.2) is 9.48 Å². The Kier molecular flexibility index (Phi) is 4.87. The van der Waals surface area contributed by atoms with Crippen LogP contribution < -0.4 is 5.32 Å². The van der Waals surface area contributed by atoms with E-state index in [0.29, 0.717) is 25.5 Å². The molecule has 28 heavy (non-hydrogen) atoms. The van der Waals surface area contributed by atoms with Crippen LogP contribution in [0, 0.1) is 6.92 Å². The van der Waals surface area contributed by atoms with Crippen LogP contribution in [0.15, 0.2) is 36.5 Å². The van der Waals surface area contributed by atoms with Crippen molar-refractivity contribution in [3.63, 3.8) is 0 Å². The van der Waals surface area contributed by atoms with Gasteiger partial charge in [0.05, 0.1) is 49.5 Å². The SMILES string of the molecule is CCc1nn(-c2ccccc2)c(NC(=O)N2Cc3cnn(CCO)c3C2)c1C. The molecular weight excluding hydrogens is 356 g/mol. The predicted octanol–water partition coefficient (Wildman–Crippen LogP) is 2.48. The van der Waals surface area contributed by atoms with Crippen molar-refractivity contribution >= 4 is 11.8 Å². The molecular formula is C20H24N6O2. The Morgan fingerprint density at radius 2 is 2.04 bits per heavy atom. The number of para-hydroxylation sites is 1. The molecule has 1 aliphatic rings. The number of urea groups is 1. The highest BCUT2D eigenvalue weighted by Gasteiger charge is 2.28. The molecule has 0 aliphatic carbocycles. The molecule has 146 valence electrons. The number of aromatic nitrogens is 4. The molecule has 0 fully saturated rings. The van der Waals surface area contributed by atoms with E-state index in [0.717, 1.165) is 34.6 Å². The highest BCUT2D eigenvalue weighted by Crippen LogP contribution is 2.27. The van der Waals surface area contributed by atoms with Crippen molar-refractivity contribution in [3.05, 3.63) is 59.0 Å². The molecule has 0 atom stereocenters. The first-order chi connectivity index (χ1) is 13.6. The third-order valence-corrected chi connectivity index (χ3v) is 5.12. The van der Waals surface area contributed by atoms with Crippen LogP contribution in [0.5, 0.6) is 0 Å². The molecule has 0 unspecified atom stereocenters. The standard InChI is InChI=1S/C20H24N6O2/c1-3-17-14(2)19(26(23-17)16-7-5-4-6-8-16)22-20(28)24-12-15-11-21-25(9-10-27)18(15)13-24/h4-8,11,27H,3,9-10,12-13H2,1-2H3,(H,22,28). The topological polar surface area (TPSA) is 88.2 Å². The van der Waals surface area contributed by atoms with Gasteiger partial charge in [-0.05, 0) is 25.5 Å². The minimum atomic E-state index is -0.172. The third kappa shape index (κ3) is 3.16. The lowest BCUT2D eigenvalue weighted by atomic mass is 10.2. The quantitative estimate of drug-likeness (QED) is 0.712. The average molecular weight is 380 g/mol. The smallest absolute Gasteiger partial charge is 0.323 e. The van der Waals surface area contributed by atoms with Crippen molar-refractivity contribution in [1.29, 1.82) is 0 Å². The highest BCUT2D eigenvalue weighted by molar-refractivity contribution is 5.90. The molecule has 4 rings (SSSR count). The van der Waals surface area contributed by atoms with E-state index in [1.807, 2.05) is 37.3 Å². The molecule has 0 saturated carbocycles. The van der Waals surface area contributed by atoms with Crippen molar-refractivity contribution in [2.75, 3.05) is 11.9 Å². The highest BCUT2D eigenvalue weighted by atomic mass is 16.3. The molecule has 1 aromatic carbocycles. The van der Waals surface area contributed by atoms with E-state index in [-0.39, 0.29) is 12.6 Å². The Morgan fingerprint density at radius 3 is 2.75 bits per heavy atom. The second-order valence-electron chi connectivity index (χ2n) is 6.87. The van der Waals surface area contributed by atoms with Crippen molar-refractivity contribution in [2.45, 2.75) is 39.9 Å². The summed E-state index contributed by atoms with van der Waals surface area (Å²) in [4.78, 5) is 14.7. The zero-order valence-corrected chi connectivity index (χ0v) is 16.1. The summed E-state index contributed by atoms with van der Waals surface area (Å²) >= 11 is 0. The molecule has 0 bridgehead atoms. The Bertz CT molecular complexity index is 992. The number of nitrogens with one attached hydrogen (secondary N) is 1. The Labute approximate surface area is 163 Å². The van der Waals surface area contributed by atoms with Gasteiger partial charge in [0.15, 0.2) is 0 Å². The van der Waals surface area contributed by atoms with Crippen LogP contribution in [0.4, 0.5) is 10.6 Å². The van der Waals surface area contributed by atoms with Gasteiger partial charge in [-0.15, -0.1) is 0 Å². The molecule has 2 aromatic heterocycles. The van der Waals surface area contributed by atoms with Gasteiger partial charge < -0.3 is 10.0 Å². The monoisotopic (exact) mass is 380 g/mol. The lowest BCUT2D eigenvalue weighted by Crippen LogP contribution is -2.32. The maximum Gasteiger partial charge on any atom is 0.323 e. The largest absolute Gasteiger partial charge is 0.394 e. The molecule has 3 aromatic rings. The molecule has 2 N–H and O–H groups in total. The van der Waals surface area contributed by atoms with Gasteiger partial charge in [-0.1, -0.05) is 25.1 Å². The number of rotatable bonds is 5. The number of fused-ring (bicyclic) bond motifs is 1. The summed E-state index contributed by atoms with van der Waals surface area (Å²) in [5.41, 5.74) is 4.84. The van der Waals surface area contributed by atoms with E-state index in [1.165, 1.54) is 0 Å². The molecule has 0 radical (unpaired) electrons. The van der Waals surface area contributed by atoms with E-state index < -0.39 is 0 Å². The van der Waals surface area contributed by atoms with Gasteiger partial charge in [-0.2, -0.15) is 10.2 Å². The number of hydrogen-bond acceptors (Lipinski definition) is 4. The number of aliphatic hydroxyl groups is 1. The lowest BCUT2D eigenvalue weighted by Gasteiger charge is -2.18. The fourth-order valence-electron chi connectivity index (χ4n) is 3.60. The summed E-state index contributed by atoms with van der Waals surface area (Å²) in [6, 6.07) is 9.62. The Hall–Kier alpha value is -3.13. The fourth-order valence-corrected chi connectivity index (χ4v) is 3.60. The van der Waals surface area contributed by atoms with Crippen molar-refractivity contribution in [3.8, 4) is 5.69 Å². The number of benzene rings is 1. The fraction of sp³-hybridized carbons (Fsp3) is 0.350. The first-order valence-electron chi connectivity index (χ1n) is 9.46. The molecule has 8 nitrogen and oxygen atoms in total. The molecule has 3 heterocycles. The van der Waals surface area contributed by atoms with Gasteiger partial charge >= 0.3 is 6.03 Å². The van der Waals surface area contributed by atoms with Gasteiger partial charge in [-0.3, -0.25) is 10.00 Å². The number of nitrogens with zero attached hydrogens (tertiary/aromatic N) is 5. The van der Waals surface area contributed by atoms with Gasteiger partial charge in [0.25, 0.3) is 0 Å². The van der Waals surface area contributed by atoms with Crippen LogP contribution in [0.25, 0.3) is 5.69 Å². The minimum Gasteiger partial charge on any atom is -0.394 e. The Morgan fingerprint density at radius 1 is 1.25 bits per heavy atom. The van der Waals surface area contributed by atoms with E-state index in [9.17, 15) is 9.90 Å². The number of anilines is 1. The summed E-state index contributed by atoms with van der Waals surface area (Å²) in [7, 11) is 0. The maximum absolute atomic E-state index is 13.0. The Balaban J connectivity index is 1.58. The van der Waals surface area contributed by atoms with Crippen molar-refractivity contribution < 1.29 is 9.90 Å². The average Bonchev–Trinajstić information content (AvgIpc) is 3.38. The minimum absolute atomic E-state index is 0.0234. The van der Waals surface area contributed by atoms with E-state index >= 15 is 0 Å². The molecule has 2 amide bonds. The number of carbonyl (C=O) groups excluding carboxylic acids is 1. The summed E-state index contributed by atoms with van der Waals surface area (Å²) in [5.74, 6) is 0.695. The summed E-state index contributed by atoms with van der Waals surface area (Å²) < 4.78 is 3.56. The number of amides is 2. The van der Waals surface area contributed by atoms with Crippen LogP contribution in [-0.4, -0.2) is 42.2 Å². The van der Waals surface area contributed by atoms with Crippen molar-refractivity contribution in [2.24, 2.45) is 0 Å². The lowest BCUT2D eigenvalue weighted by molar-refractivity contribution is 0.210.